The van der Waals surface area contributed by atoms with Crippen molar-refractivity contribution in [2.45, 2.75) is 37.8 Å². The molecule has 3 heterocycles. The summed E-state index contributed by atoms with van der Waals surface area (Å²) in [6, 6.07) is 5.60. The number of hydrogen-bond acceptors (Lipinski definition) is 3. The fourth-order valence-corrected chi connectivity index (χ4v) is 4.17. The molecule has 0 amide bonds. The number of piperidine rings is 2. The van der Waals surface area contributed by atoms with Gasteiger partial charge in [-0.15, -0.1) is 0 Å². The molecule has 3 aliphatic heterocycles. The molecule has 114 valence electrons. The summed E-state index contributed by atoms with van der Waals surface area (Å²) in [4.78, 5) is 2.54. The number of halogens is 1. The zero-order chi connectivity index (χ0) is 14.2. The molecule has 0 bridgehead atoms. The quantitative estimate of drug-likeness (QED) is 0.904. The molecular weight excluding hydrogens is 267 g/mol. The lowest BCUT2D eigenvalue weighted by atomic mass is 9.85. The molecule has 1 N–H and O–H groups in total. The summed E-state index contributed by atoms with van der Waals surface area (Å²) in [5.74, 6) is 1.51. The van der Waals surface area contributed by atoms with Crippen LogP contribution in [-0.2, 0) is 6.42 Å². The summed E-state index contributed by atoms with van der Waals surface area (Å²) in [5, 5.41) is 3.66. The number of hydrogen-bond donors (Lipinski definition) is 1. The number of nitrogens with one attached hydrogen (secondary N) is 1. The fraction of sp³-hybridized carbons (Fsp3) is 0.647. The first-order valence-corrected chi connectivity index (χ1v) is 8.19. The van der Waals surface area contributed by atoms with Crippen LogP contribution in [0.4, 0.5) is 4.39 Å². The number of ether oxygens (including phenoxy) is 1. The molecule has 2 saturated heterocycles. The van der Waals surface area contributed by atoms with Gasteiger partial charge in [0.1, 0.15) is 17.7 Å². The first kappa shape index (κ1) is 13.5. The van der Waals surface area contributed by atoms with E-state index in [0.29, 0.717) is 0 Å². The van der Waals surface area contributed by atoms with Crippen molar-refractivity contribution in [3.63, 3.8) is 0 Å². The van der Waals surface area contributed by atoms with Gasteiger partial charge in [0.15, 0.2) is 0 Å². The van der Waals surface area contributed by atoms with Gasteiger partial charge >= 0.3 is 0 Å². The average Bonchev–Trinajstić information content (AvgIpc) is 2.88. The Labute approximate surface area is 125 Å². The molecule has 3 aliphatic rings. The third-order valence-electron chi connectivity index (χ3n) is 5.20. The van der Waals surface area contributed by atoms with Crippen LogP contribution in [0.1, 0.15) is 24.8 Å². The zero-order valence-corrected chi connectivity index (χ0v) is 12.4. The predicted octanol–water partition coefficient (Wildman–Crippen LogP) is 2.20. The number of nitrogens with zero attached hydrogens (tertiary/aromatic N) is 1. The minimum atomic E-state index is -0.160. The van der Waals surface area contributed by atoms with E-state index in [9.17, 15) is 4.39 Å². The third-order valence-corrected chi connectivity index (χ3v) is 5.20. The van der Waals surface area contributed by atoms with Crippen molar-refractivity contribution in [2.24, 2.45) is 5.92 Å². The van der Waals surface area contributed by atoms with Crippen molar-refractivity contribution < 1.29 is 9.13 Å². The van der Waals surface area contributed by atoms with Crippen molar-refractivity contribution in [3.8, 4) is 5.75 Å². The zero-order valence-electron chi connectivity index (χ0n) is 12.4. The molecule has 1 aromatic rings. The molecule has 0 spiro atoms. The molecule has 4 heteroatoms. The van der Waals surface area contributed by atoms with Gasteiger partial charge in [0.05, 0.1) is 0 Å². The second-order valence-electron chi connectivity index (χ2n) is 6.71. The van der Waals surface area contributed by atoms with E-state index in [1.165, 1.54) is 38.4 Å². The lowest BCUT2D eigenvalue weighted by Crippen LogP contribution is -2.53. The first-order chi connectivity index (χ1) is 10.3. The molecule has 3 unspecified atom stereocenters. The van der Waals surface area contributed by atoms with Crippen molar-refractivity contribution in [2.75, 3.05) is 26.2 Å². The van der Waals surface area contributed by atoms with Crippen LogP contribution in [0.5, 0.6) is 5.75 Å². The molecule has 2 fully saturated rings. The van der Waals surface area contributed by atoms with Crippen LogP contribution in [0.15, 0.2) is 18.2 Å². The highest BCUT2D eigenvalue weighted by Crippen LogP contribution is 2.31. The number of fused-ring (bicyclic) bond motifs is 2. The van der Waals surface area contributed by atoms with E-state index in [0.717, 1.165) is 42.8 Å². The van der Waals surface area contributed by atoms with E-state index < -0.39 is 0 Å². The van der Waals surface area contributed by atoms with Crippen molar-refractivity contribution >= 4 is 0 Å². The molecule has 21 heavy (non-hydrogen) atoms. The molecule has 0 saturated carbocycles. The number of benzene rings is 1. The van der Waals surface area contributed by atoms with Crippen LogP contribution in [0, 0.1) is 11.7 Å². The molecule has 4 rings (SSSR count). The second kappa shape index (κ2) is 5.58. The largest absolute Gasteiger partial charge is 0.488 e. The summed E-state index contributed by atoms with van der Waals surface area (Å²) in [7, 11) is 0. The molecule has 0 aliphatic carbocycles. The average molecular weight is 290 g/mol. The topological polar surface area (TPSA) is 24.5 Å². The molecule has 3 atom stereocenters. The maximum atomic E-state index is 13.3. The minimum Gasteiger partial charge on any atom is -0.488 e. The van der Waals surface area contributed by atoms with Gasteiger partial charge in [-0.1, -0.05) is 0 Å². The highest BCUT2D eigenvalue weighted by Gasteiger charge is 2.33. The molecule has 1 aromatic carbocycles. The Hall–Kier alpha value is -1.13. The van der Waals surface area contributed by atoms with E-state index in [1.54, 1.807) is 12.1 Å². The Morgan fingerprint density at radius 2 is 2.29 bits per heavy atom. The summed E-state index contributed by atoms with van der Waals surface area (Å²) in [6.45, 7) is 4.49. The molecule has 3 nitrogen and oxygen atoms in total. The van der Waals surface area contributed by atoms with Gasteiger partial charge in [-0.05, 0) is 56.5 Å². The van der Waals surface area contributed by atoms with E-state index in [2.05, 4.69) is 10.2 Å². The van der Waals surface area contributed by atoms with Gasteiger partial charge in [-0.2, -0.15) is 0 Å². The summed E-state index contributed by atoms with van der Waals surface area (Å²) in [6.07, 6.45) is 4.94. The van der Waals surface area contributed by atoms with Gasteiger partial charge in [-0.3, -0.25) is 4.90 Å². The van der Waals surface area contributed by atoms with Crippen LogP contribution in [0.25, 0.3) is 0 Å². The molecular formula is C17H23FN2O. The van der Waals surface area contributed by atoms with Gasteiger partial charge in [0.25, 0.3) is 0 Å². The van der Waals surface area contributed by atoms with Gasteiger partial charge in [0.2, 0.25) is 0 Å². The van der Waals surface area contributed by atoms with Gasteiger partial charge in [-0.25, -0.2) is 4.39 Å². The lowest BCUT2D eigenvalue weighted by Gasteiger charge is -2.42. The van der Waals surface area contributed by atoms with Crippen LogP contribution in [-0.4, -0.2) is 43.2 Å². The second-order valence-corrected chi connectivity index (χ2v) is 6.71. The smallest absolute Gasteiger partial charge is 0.123 e. The standard InChI is InChI=1S/C17H23FN2O/c18-14-3-4-17-13(8-14)9-15(21-17)11-20-7-5-16-12(10-20)2-1-6-19-16/h3-4,8,12,15-16,19H,1-2,5-7,9-11H2. The Morgan fingerprint density at radius 3 is 3.24 bits per heavy atom. The van der Waals surface area contributed by atoms with Crippen LogP contribution in [0.3, 0.4) is 0 Å². The van der Waals surface area contributed by atoms with E-state index in [1.807, 2.05) is 0 Å². The van der Waals surface area contributed by atoms with Crippen LogP contribution < -0.4 is 10.1 Å². The van der Waals surface area contributed by atoms with Crippen molar-refractivity contribution in [1.82, 2.24) is 10.2 Å². The van der Waals surface area contributed by atoms with E-state index >= 15 is 0 Å². The Bertz CT molecular complexity index is 522. The van der Waals surface area contributed by atoms with E-state index in [-0.39, 0.29) is 11.9 Å². The maximum Gasteiger partial charge on any atom is 0.123 e. The van der Waals surface area contributed by atoms with Gasteiger partial charge in [0, 0.05) is 31.1 Å². The van der Waals surface area contributed by atoms with Crippen LogP contribution >= 0.6 is 0 Å². The highest BCUT2D eigenvalue weighted by molar-refractivity contribution is 5.37. The monoisotopic (exact) mass is 290 g/mol. The highest BCUT2D eigenvalue weighted by atomic mass is 19.1. The third kappa shape index (κ3) is 2.79. The fourth-order valence-electron chi connectivity index (χ4n) is 4.17. The van der Waals surface area contributed by atoms with E-state index in [4.69, 9.17) is 4.74 Å². The number of rotatable bonds is 2. The molecule has 0 aromatic heterocycles. The number of likely N-dealkylation sites (tertiary alicyclic amines) is 1. The predicted molar refractivity (Wildman–Crippen MR) is 80.1 cm³/mol. The first-order valence-electron chi connectivity index (χ1n) is 8.19. The minimum absolute atomic E-state index is 0.160. The summed E-state index contributed by atoms with van der Waals surface area (Å²) >= 11 is 0. The summed E-state index contributed by atoms with van der Waals surface area (Å²) < 4.78 is 19.2. The Morgan fingerprint density at radius 1 is 1.33 bits per heavy atom. The van der Waals surface area contributed by atoms with Crippen LogP contribution in [0.2, 0.25) is 0 Å². The Kier molecular flexibility index (Phi) is 3.59. The van der Waals surface area contributed by atoms with Gasteiger partial charge < -0.3 is 10.1 Å². The van der Waals surface area contributed by atoms with Crippen molar-refractivity contribution in [1.29, 1.82) is 0 Å². The Balaban J connectivity index is 1.35. The molecule has 0 radical (unpaired) electrons. The SMILES string of the molecule is Fc1ccc2c(c1)CC(CN1CCC3NCCCC3C1)O2. The lowest BCUT2D eigenvalue weighted by molar-refractivity contribution is 0.0786. The summed E-state index contributed by atoms with van der Waals surface area (Å²) in [5.41, 5.74) is 1.02. The maximum absolute atomic E-state index is 13.3. The van der Waals surface area contributed by atoms with Crippen molar-refractivity contribution in [3.05, 3.63) is 29.6 Å². The normalized spacial score (nSPS) is 32.3.